The van der Waals surface area contributed by atoms with Crippen LogP contribution in [-0.2, 0) is 4.74 Å². The molecule has 1 fully saturated rings. The summed E-state index contributed by atoms with van der Waals surface area (Å²) < 4.78 is 5.02. The SMILES string of the molecule is CCC1CCN(CC(N)COC)C1. The zero-order valence-corrected chi connectivity index (χ0v) is 8.83. The lowest BCUT2D eigenvalue weighted by Gasteiger charge is -2.20. The Balaban J connectivity index is 2.16. The van der Waals surface area contributed by atoms with E-state index in [4.69, 9.17) is 10.5 Å². The maximum Gasteiger partial charge on any atom is 0.0626 e. The third-order valence-corrected chi connectivity index (χ3v) is 2.82. The number of ether oxygens (including phenoxy) is 1. The van der Waals surface area contributed by atoms with Crippen LogP contribution in [0.1, 0.15) is 19.8 Å². The lowest BCUT2D eigenvalue weighted by molar-refractivity contribution is 0.160. The minimum Gasteiger partial charge on any atom is -0.383 e. The second kappa shape index (κ2) is 5.58. The van der Waals surface area contributed by atoms with Crippen LogP contribution in [0.15, 0.2) is 0 Å². The zero-order valence-electron chi connectivity index (χ0n) is 8.83. The maximum atomic E-state index is 5.88. The van der Waals surface area contributed by atoms with Crippen molar-refractivity contribution < 1.29 is 4.74 Å². The Hall–Kier alpha value is -0.120. The number of hydrogen-bond acceptors (Lipinski definition) is 3. The second-order valence-electron chi connectivity index (χ2n) is 4.04. The topological polar surface area (TPSA) is 38.5 Å². The van der Waals surface area contributed by atoms with Gasteiger partial charge in [-0.3, -0.25) is 0 Å². The normalized spacial score (nSPS) is 26.5. The van der Waals surface area contributed by atoms with E-state index in [2.05, 4.69) is 11.8 Å². The predicted octanol–water partition coefficient (Wildman–Crippen LogP) is 0.692. The number of nitrogens with zero attached hydrogens (tertiary/aromatic N) is 1. The van der Waals surface area contributed by atoms with Crippen molar-refractivity contribution in [1.29, 1.82) is 0 Å². The van der Waals surface area contributed by atoms with Crippen LogP contribution >= 0.6 is 0 Å². The number of nitrogens with two attached hydrogens (primary N) is 1. The minimum atomic E-state index is 0.181. The molecule has 78 valence electrons. The van der Waals surface area contributed by atoms with E-state index < -0.39 is 0 Å². The molecule has 1 rings (SSSR count). The van der Waals surface area contributed by atoms with Crippen LogP contribution in [0.4, 0.5) is 0 Å². The molecule has 0 bridgehead atoms. The van der Waals surface area contributed by atoms with Crippen LogP contribution < -0.4 is 5.73 Å². The highest BCUT2D eigenvalue weighted by atomic mass is 16.5. The van der Waals surface area contributed by atoms with Gasteiger partial charge in [-0.1, -0.05) is 13.3 Å². The van der Waals surface area contributed by atoms with Gasteiger partial charge in [0.25, 0.3) is 0 Å². The van der Waals surface area contributed by atoms with Crippen molar-refractivity contribution in [2.75, 3.05) is 33.4 Å². The highest BCUT2D eigenvalue weighted by molar-refractivity contribution is 4.77. The standard InChI is InChI=1S/C10H22N2O/c1-3-9-4-5-12(6-9)7-10(11)8-13-2/h9-10H,3-8,11H2,1-2H3. The first-order valence-electron chi connectivity index (χ1n) is 5.23. The molecule has 2 atom stereocenters. The van der Waals surface area contributed by atoms with Crippen molar-refractivity contribution in [2.24, 2.45) is 11.7 Å². The van der Waals surface area contributed by atoms with Crippen molar-refractivity contribution >= 4 is 0 Å². The average molecular weight is 186 g/mol. The van der Waals surface area contributed by atoms with Gasteiger partial charge in [-0.15, -0.1) is 0 Å². The second-order valence-corrected chi connectivity index (χ2v) is 4.04. The highest BCUT2D eigenvalue weighted by Gasteiger charge is 2.21. The van der Waals surface area contributed by atoms with Crippen LogP contribution in [0.3, 0.4) is 0 Å². The summed E-state index contributed by atoms with van der Waals surface area (Å²) in [6.07, 6.45) is 2.65. The van der Waals surface area contributed by atoms with Crippen molar-refractivity contribution in [3.05, 3.63) is 0 Å². The fraction of sp³-hybridized carbons (Fsp3) is 1.00. The molecule has 1 heterocycles. The van der Waals surface area contributed by atoms with Gasteiger partial charge in [0.2, 0.25) is 0 Å². The molecule has 2 N–H and O–H groups in total. The molecule has 0 aliphatic carbocycles. The van der Waals surface area contributed by atoms with Gasteiger partial charge in [0.05, 0.1) is 6.61 Å². The molecule has 0 saturated carbocycles. The molecule has 13 heavy (non-hydrogen) atoms. The van der Waals surface area contributed by atoms with E-state index in [0.717, 1.165) is 12.5 Å². The molecule has 0 amide bonds. The minimum absolute atomic E-state index is 0.181. The van der Waals surface area contributed by atoms with Crippen molar-refractivity contribution in [3.8, 4) is 0 Å². The molecule has 1 aliphatic rings. The summed E-state index contributed by atoms with van der Waals surface area (Å²) in [4.78, 5) is 2.46. The van der Waals surface area contributed by atoms with Gasteiger partial charge < -0.3 is 15.4 Å². The van der Waals surface area contributed by atoms with Crippen molar-refractivity contribution in [1.82, 2.24) is 4.90 Å². The van der Waals surface area contributed by atoms with Gasteiger partial charge in [-0.25, -0.2) is 0 Å². The molecular formula is C10H22N2O. The molecule has 0 aromatic carbocycles. The Morgan fingerprint density at radius 2 is 2.38 bits per heavy atom. The van der Waals surface area contributed by atoms with Crippen LogP contribution in [0.5, 0.6) is 0 Å². The Morgan fingerprint density at radius 3 is 2.92 bits per heavy atom. The molecule has 1 saturated heterocycles. The summed E-state index contributed by atoms with van der Waals surface area (Å²) in [5.41, 5.74) is 5.88. The first-order valence-corrected chi connectivity index (χ1v) is 5.23. The van der Waals surface area contributed by atoms with E-state index in [9.17, 15) is 0 Å². The van der Waals surface area contributed by atoms with Crippen molar-refractivity contribution in [2.45, 2.75) is 25.8 Å². The summed E-state index contributed by atoms with van der Waals surface area (Å²) in [5.74, 6) is 0.898. The van der Waals surface area contributed by atoms with E-state index >= 15 is 0 Å². The summed E-state index contributed by atoms with van der Waals surface area (Å²) in [7, 11) is 1.71. The third-order valence-electron chi connectivity index (χ3n) is 2.82. The first kappa shape index (κ1) is 11.0. The molecule has 1 aliphatic heterocycles. The number of hydrogen-bond donors (Lipinski definition) is 1. The van der Waals surface area contributed by atoms with E-state index in [1.807, 2.05) is 0 Å². The third kappa shape index (κ3) is 3.63. The van der Waals surface area contributed by atoms with Crippen LogP contribution in [-0.4, -0.2) is 44.3 Å². The molecular weight excluding hydrogens is 164 g/mol. The highest BCUT2D eigenvalue weighted by Crippen LogP contribution is 2.18. The Kier molecular flexibility index (Phi) is 4.70. The zero-order chi connectivity index (χ0) is 9.68. The van der Waals surface area contributed by atoms with E-state index in [0.29, 0.717) is 6.61 Å². The summed E-state index contributed by atoms with van der Waals surface area (Å²) in [6, 6.07) is 0.181. The van der Waals surface area contributed by atoms with Gasteiger partial charge in [0.15, 0.2) is 0 Å². The quantitative estimate of drug-likeness (QED) is 0.686. The van der Waals surface area contributed by atoms with E-state index in [1.165, 1.54) is 25.9 Å². The van der Waals surface area contributed by atoms with Gasteiger partial charge in [0.1, 0.15) is 0 Å². The maximum absolute atomic E-state index is 5.88. The van der Waals surface area contributed by atoms with E-state index in [1.54, 1.807) is 7.11 Å². The lowest BCUT2D eigenvalue weighted by atomic mass is 10.1. The fourth-order valence-electron chi connectivity index (χ4n) is 2.01. The van der Waals surface area contributed by atoms with E-state index in [-0.39, 0.29) is 6.04 Å². The van der Waals surface area contributed by atoms with Crippen LogP contribution in [0, 0.1) is 5.92 Å². The van der Waals surface area contributed by atoms with Crippen molar-refractivity contribution in [3.63, 3.8) is 0 Å². The molecule has 0 radical (unpaired) electrons. The predicted molar refractivity (Wildman–Crippen MR) is 54.7 cm³/mol. The van der Waals surface area contributed by atoms with Crippen LogP contribution in [0.25, 0.3) is 0 Å². The summed E-state index contributed by atoms with van der Waals surface area (Å²) >= 11 is 0. The van der Waals surface area contributed by atoms with Gasteiger partial charge in [-0.2, -0.15) is 0 Å². The lowest BCUT2D eigenvalue weighted by Crippen LogP contribution is -2.39. The number of likely N-dealkylation sites (tertiary alicyclic amines) is 1. The van der Waals surface area contributed by atoms with Crippen LogP contribution in [0.2, 0.25) is 0 Å². The molecule has 3 nitrogen and oxygen atoms in total. The molecule has 0 aromatic heterocycles. The molecule has 0 aromatic rings. The Labute approximate surface area is 81.2 Å². The summed E-state index contributed by atoms with van der Waals surface area (Å²) in [6.45, 7) is 6.38. The van der Waals surface area contributed by atoms with Gasteiger partial charge in [0, 0.05) is 26.2 Å². The monoisotopic (exact) mass is 186 g/mol. The molecule has 0 spiro atoms. The van der Waals surface area contributed by atoms with Gasteiger partial charge >= 0.3 is 0 Å². The fourth-order valence-corrected chi connectivity index (χ4v) is 2.01. The first-order chi connectivity index (χ1) is 6.26. The molecule has 2 unspecified atom stereocenters. The number of methoxy groups -OCH3 is 1. The van der Waals surface area contributed by atoms with Gasteiger partial charge in [-0.05, 0) is 18.9 Å². The largest absolute Gasteiger partial charge is 0.383 e. The Morgan fingerprint density at radius 1 is 1.62 bits per heavy atom. The summed E-state index contributed by atoms with van der Waals surface area (Å²) in [5, 5.41) is 0. The Bertz CT molecular complexity index is 141. The smallest absolute Gasteiger partial charge is 0.0626 e. The average Bonchev–Trinajstić information content (AvgIpc) is 2.52. The number of rotatable bonds is 5. The molecule has 3 heteroatoms.